The molecule has 0 spiro atoms. The number of carbonyl (C=O) groups is 3. The molecule has 83 valence electrons. The van der Waals surface area contributed by atoms with Gasteiger partial charge in [-0.05, 0) is 0 Å². The van der Waals surface area contributed by atoms with Gasteiger partial charge in [-0.25, -0.2) is 14.0 Å². The van der Waals surface area contributed by atoms with Crippen molar-refractivity contribution < 1.29 is 39.2 Å². The quantitative estimate of drug-likeness (QED) is 0.411. The van der Waals surface area contributed by atoms with Gasteiger partial charge < -0.3 is 20.4 Å². The zero-order chi connectivity index (χ0) is 11.5. The first-order valence-corrected chi connectivity index (χ1v) is 3.26. The fraction of sp³-hybridized carbons (Fsp3) is 0.500. The molecule has 0 saturated heterocycles. The van der Waals surface area contributed by atoms with Crippen LogP contribution >= 0.6 is 0 Å². The Hall–Kier alpha value is 1.30. The summed E-state index contributed by atoms with van der Waals surface area (Å²) in [5.74, 6) is -6.30. The molecule has 0 aromatic rings. The first-order valence-electron chi connectivity index (χ1n) is 3.26. The van der Waals surface area contributed by atoms with Crippen molar-refractivity contribution in [1.82, 2.24) is 0 Å². The van der Waals surface area contributed by atoms with Gasteiger partial charge in [-0.2, -0.15) is 0 Å². The van der Waals surface area contributed by atoms with Crippen molar-refractivity contribution >= 4 is 107 Å². The van der Waals surface area contributed by atoms with Crippen LogP contribution in [0.4, 0.5) is 4.39 Å². The van der Waals surface area contributed by atoms with Gasteiger partial charge in [-0.1, -0.05) is 0 Å². The Balaban J connectivity index is -0.000000282. The summed E-state index contributed by atoms with van der Waals surface area (Å²) in [7, 11) is 0. The molecule has 7 nitrogen and oxygen atoms in total. The summed E-state index contributed by atoms with van der Waals surface area (Å²) in [4.78, 5) is 30.4. The van der Waals surface area contributed by atoms with E-state index in [4.69, 9.17) is 20.4 Å². The average molecular weight is 279 g/mol. The number of hydrogen-bond acceptors (Lipinski definition) is 4. The maximum atomic E-state index is 12.7. The molecule has 17 heavy (non-hydrogen) atoms. The van der Waals surface area contributed by atoms with E-state index < -0.39 is 36.1 Å². The molecule has 4 N–H and O–H groups in total. The Kier molecular flexibility index (Phi) is 17.6. The molecular weight excluding hydrogens is 272 g/mol. The third-order valence-corrected chi connectivity index (χ3v) is 1.43. The second-order valence-corrected chi connectivity index (χ2v) is 2.50. The van der Waals surface area contributed by atoms with Gasteiger partial charge in [0.25, 0.3) is 0 Å². The summed E-state index contributed by atoms with van der Waals surface area (Å²) in [6, 6.07) is 0. The third-order valence-electron chi connectivity index (χ3n) is 1.43. The monoisotopic (exact) mass is 279 g/mol. The summed E-state index contributed by atoms with van der Waals surface area (Å²) < 4.78 is 12.7. The molecule has 0 heterocycles. The van der Waals surface area contributed by atoms with E-state index in [1.54, 1.807) is 0 Å². The predicted molar refractivity (Wildman–Crippen MR) is 54.6 cm³/mol. The van der Waals surface area contributed by atoms with Gasteiger partial charge in [0, 0.05) is 88.7 Å². The van der Waals surface area contributed by atoms with Crippen LogP contribution in [0.25, 0.3) is 0 Å². The average Bonchev–Trinajstić information content (AvgIpc) is 2.00. The largest absolute Gasteiger partial charge is 0.481 e. The van der Waals surface area contributed by atoms with Gasteiger partial charge >= 0.3 is 17.9 Å². The third kappa shape index (κ3) is 8.14. The Morgan fingerprint density at radius 2 is 1.41 bits per heavy atom. The number of halogens is 1. The molecule has 2 unspecified atom stereocenters. The van der Waals surface area contributed by atoms with E-state index in [9.17, 15) is 18.8 Å². The Morgan fingerprint density at radius 1 is 1.06 bits per heavy atom. The summed E-state index contributed by atoms with van der Waals surface area (Å²) in [5.41, 5.74) is -3.45. The molecule has 3 radical (unpaired) electrons. The Bertz CT molecular complexity index is 287. The molecule has 0 fully saturated rings. The normalized spacial score (nSPS) is 13.8. The van der Waals surface area contributed by atoms with Crippen LogP contribution in [0.5, 0.6) is 0 Å². The van der Waals surface area contributed by atoms with E-state index in [0.717, 1.165) is 0 Å². The van der Waals surface area contributed by atoms with Crippen molar-refractivity contribution in [3.8, 4) is 0 Å². The standard InChI is InChI=1S/C6H7FO7.3Na/c7-3(4(10)11)6(14,5(12)13)1-2(8)9;;;/h3,14H,1H2,(H,8,9)(H,10,11)(H,12,13);;;. The fourth-order valence-electron chi connectivity index (χ4n) is 0.708. The summed E-state index contributed by atoms with van der Waals surface area (Å²) in [6.07, 6.45) is -4.73. The summed E-state index contributed by atoms with van der Waals surface area (Å²) in [6.45, 7) is 0. The van der Waals surface area contributed by atoms with Crippen LogP contribution in [0.1, 0.15) is 6.42 Å². The Morgan fingerprint density at radius 3 is 1.59 bits per heavy atom. The molecular formula is C6H7FNa3O7. The molecule has 0 aliphatic heterocycles. The number of rotatable bonds is 5. The van der Waals surface area contributed by atoms with Crippen LogP contribution in [0.3, 0.4) is 0 Å². The summed E-state index contributed by atoms with van der Waals surface area (Å²) in [5, 5.41) is 33.5. The van der Waals surface area contributed by atoms with Gasteiger partial charge in [-0.15, -0.1) is 0 Å². The summed E-state index contributed by atoms with van der Waals surface area (Å²) >= 11 is 0. The smallest absolute Gasteiger partial charge is 0.342 e. The van der Waals surface area contributed by atoms with Crippen LogP contribution in [-0.4, -0.2) is 139 Å². The molecule has 0 aliphatic carbocycles. The maximum absolute atomic E-state index is 12.7. The molecule has 0 amide bonds. The van der Waals surface area contributed by atoms with Crippen molar-refractivity contribution in [3.05, 3.63) is 0 Å². The molecule has 0 aliphatic rings. The second-order valence-electron chi connectivity index (χ2n) is 2.50. The SMILES string of the molecule is O=C(O)CC(O)(C(=O)O)C(F)C(=O)O.[Na].[Na].[Na]. The van der Waals surface area contributed by atoms with Crippen LogP contribution in [-0.2, 0) is 14.4 Å². The zero-order valence-corrected chi connectivity index (χ0v) is 15.7. The minimum Gasteiger partial charge on any atom is -0.481 e. The molecule has 0 bridgehead atoms. The van der Waals surface area contributed by atoms with Crippen molar-refractivity contribution in [2.75, 3.05) is 0 Å². The van der Waals surface area contributed by atoms with Crippen molar-refractivity contribution in [3.63, 3.8) is 0 Å². The number of aliphatic carboxylic acids is 3. The molecule has 0 rings (SSSR count). The first-order chi connectivity index (χ1) is 6.21. The number of carboxylic acids is 3. The van der Waals surface area contributed by atoms with E-state index in [1.807, 2.05) is 0 Å². The first kappa shape index (κ1) is 26.8. The molecule has 0 aromatic heterocycles. The van der Waals surface area contributed by atoms with Crippen molar-refractivity contribution in [2.45, 2.75) is 18.2 Å². The van der Waals surface area contributed by atoms with E-state index in [0.29, 0.717) is 0 Å². The predicted octanol–water partition coefficient (Wildman–Crippen LogP) is -2.44. The van der Waals surface area contributed by atoms with E-state index >= 15 is 0 Å². The van der Waals surface area contributed by atoms with Crippen LogP contribution < -0.4 is 0 Å². The number of alkyl halides is 1. The number of hydrogen-bond donors (Lipinski definition) is 4. The molecule has 2 atom stereocenters. The minimum atomic E-state index is -3.45. The van der Waals surface area contributed by atoms with Gasteiger partial charge in [0.1, 0.15) is 0 Å². The molecule has 0 saturated carbocycles. The van der Waals surface area contributed by atoms with Crippen molar-refractivity contribution in [1.29, 1.82) is 0 Å². The fourth-order valence-corrected chi connectivity index (χ4v) is 0.708. The van der Waals surface area contributed by atoms with E-state index in [2.05, 4.69) is 0 Å². The van der Waals surface area contributed by atoms with Gasteiger partial charge in [-0.3, -0.25) is 4.79 Å². The molecule has 11 heteroatoms. The van der Waals surface area contributed by atoms with Gasteiger partial charge in [0.2, 0.25) is 11.8 Å². The second kappa shape index (κ2) is 11.2. The van der Waals surface area contributed by atoms with Crippen molar-refractivity contribution in [2.24, 2.45) is 0 Å². The Labute approximate surface area is 162 Å². The number of carboxylic acid groups (broad SMARTS) is 3. The van der Waals surface area contributed by atoms with Crippen LogP contribution in [0, 0.1) is 0 Å². The molecule has 0 aromatic carbocycles. The number of aliphatic hydroxyl groups is 1. The van der Waals surface area contributed by atoms with E-state index in [-0.39, 0.29) is 88.7 Å². The van der Waals surface area contributed by atoms with Gasteiger partial charge in [0.15, 0.2) is 0 Å². The van der Waals surface area contributed by atoms with E-state index in [1.165, 1.54) is 0 Å². The van der Waals surface area contributed by atoms with Crippen LogP contribution in [0.2, 0.25) is 0 Å². The van der Waals surface area contributed by atoms with Crippen LogP contribution in [0.15, 0.2) is 0 Å². The maximum Gasteiger partial charge on any atom is 0.342 e. The zero-order valence-electron chi connectivity index (χ0n) is 9.68. The minimum absolute atomic E-state index is 0. The topological polar surface area (TPSA) is 132 Å². The van der Waals surface area contributed by atoms with Gasteiger partial charge in [0.05, 0.1) is 6.42 Å².